The second kappa shape index (κ2) is 10.6. The van der Waals surface area contributed by atoms with Gasteiger partial charge in [0, 0.05) is 9.11 Å². The van der Waals surface area contributed by atoms with Crippen LogP contribution in [-0.2, 0) is 16.6 Å². The molecule has 0 saturated heterocycles. The summed E-state index contributed by atoms with van der Waals surface area (Å²) in [7, 11) is -4.16. The van der Waals surface area contributed by atoms with E-state index in [0.29, 0.717) is 29.3 Å². The summed E-state index contributed by atoms with van der Waals surface area (Å²) in [5, 5.41) is 2.55. The first-order valence-electron chi connectivity index (χ1n) is 10.8. The lowest BCUT2D eigenvalue weighted by Crippen LogP contribution is -2.48. The summed E-state index contributed by atoms with van der Waals surface area (Å²) in [4.78, 5) is 0. The Kier molecular flexibility index (Phi) is 8.33. The molecule has 0 spiro atoms. The maximum Gasteiger partial charge on any atom is 0.299 e. The Balaban J connectivity index is 2.00. The summed E-state index contributed by atoms with van der Waals surface area (Å²) in [6.07, 6.45) is 6.35. The molecule has 0 aliphatic heterocycles. The molecule has 0 bridgehead atoms. The minimum absolute atomic E-state index is 0.103. The van der Waals surface area contributed by atoms with Gasteiger partial charge in [0.15, 0.2) is 11.6 Å². The first kappa shape index (κ1) is 25.8. The number of benzene rings is 2. The molecule has 0 amide bonds. The summed E-state index contributed by atoms with van der Waals surface area (Å²) in [6.45, 7) is 5.40. The van der Waals surface area contributed by atoms with Gasteiger partial charge in [0.25, 0.3) is 10.2 Å². The van der Waals surface area contributed by atoms with E-state index in [1.165, 1.54) is 12.1 Å². The largest absolute Gasteiger partial charge is 0.349 e. The van der Waals surface area contributed by atoms with E-state index in [2.05, 4.69) is 21.3 Å². The van der Waals surface area contributed by atoms with Gasteiger partial charge in [0.05, 0.1) is 11.4 Å². The molecule has 1 fully saturated rings. The zero-order chi connectivity index (χ0) is 24.2. The van der Waals surface area contributed by atoms with Gasteiger partial charge in [-0.15, -0.1) is 6.58 Å². The van der Waals surface area contributed by atoms with E-state index < -0.39 is 38.9 Å². The SMILES string of the molecule is C=CCCC1(NS(=O)(=O)Nc2c(CC)cc(F)c(F)c2Nc2ccc(I)cc2F)CCCC1. The van der Waals surface area contributed by atoms with Crippen LogP contribution >= 0.6 is 22.6 Å². The van der Waals surface area contributed by atoms with Gasteiger partial charge in [-0.3, -0.25) is 4.72 Å². The summed E-state index contributed by atoms with van der Waals surface area (Å²) in [5.74, 6) is -3.13. The van der Waals surface area contributed by atoms with Crippen molar-refractivity contribution < 1.29 is 21.6 Å². The molecule has 2 aromatic carbocycles. The quantitative estimate of drug-likeness (QED) is 0.217. The summed E-state index contributed by atoms with van der Waals surface area (Å²) in [5.41, 5.74) is -1.11. The first-order chi connectivity index (χ1) is 15.6. The Hall–Kier alpha value is -1.79. The average Bonchev–Trinajstić information content (AvgIpc) is 3.20. The third kappa shape index (κ3) is 6.21. The maximum atomic E-state index is 14.9. The molecule has 2 aromatic rings. The molecule has 0 atom stereocenters. The van der Waals surface area contributed by atoms with Gasteiger partial charge in [-0.05, 0) is 84.5 Å². The molecule has 3 N–H and O–H groups in total. The van der Waals surface area contributed by atoms with Gasteiger partial charge in [0.2, 0.25) is 0 Å². The molecule has 180 valence electrons. The van der Waals surface area contributed by atoms with Crippen LogP contribution in [0.3, 0.4) is 0 Å². The molecular formula is C23H27F3IN3O2S. The summed E-state index contributed by atoms with van der Waals surface area (Å²) in [6, 6.07) is 5.16. The van der Waals surface area contributed by atoms with Gasteiger partial charge < -0.3 is 5.32 Å². The second-order valence-corrected chi connectivity index (χ2v) is 10.9. The van der Waals surface area contributed by atoms with Crippen LogP contribution in [0.25, 0.3) is 0 Å². The fourth-order valence-corrected chi connectivity index (χ4v) is 6.08. The second-order valence-electron chi connectivity index (χ2n) is 8.21. The van der Waals surface area contributed by atoms with Crippen LogP contribution in [0.15, 0.2) is 36.9 Å². The minimum atomic E-state index is -4.16. The summed E-state index contributed by atoms with van der Waals surface area (Å²) >= 11 is 1.93. The smallest absolute Gasteiger partial charge is 0.299 e. The number of aryl methyl sites for hydroxylation is 1. The van der Waals surface area contributed by atoms with Crippen molar-refractivity contribution >= 4 is 49.9 Å². The van der Waals surface area contributed by atoms with E-state index >= 15 is 0 Å². The van der Waals surface area contributed by atoms with Crippen LogP contribution in [0.1, 0.15) is 51.0 Å². The lowest BCUT2D eigenvalue weighted by Gasteiger charge is -2.30. The van der Waals surface area contributed by atoms with Crippen molar-refractivity contribution in [2.75, 3.05) is 10.0 Å². The normalized spacial score (nSPS) is 15.4. The topological polar surface area (TPSA) is 70.2 Å². The molecule has 0 aromatic heterocycles. The Morgan fingerprint density at radius 2 is 1.82 bits per heavy atom. The van der Waals surface area contributed by atoms with Crippen molar-refractivity contribution in [2.45, 2.75) is 57.4 Å². The number of hydrogen-bond donors (Lipinski definition) is 3. The third-order valence-corrected chi connectivity index (χ3v) is 7.69. The van der Waals surface area contributed by atoms with Crippen molar-refractivity contribution in [2.24, 2.45) is 0 Å². The van der Waals surface area contributed by atoms with Crippen molar-refractivity contribution in [3.05, 3.63) is 63.5 Å². The highest BCUT2D eigenvalue weighted by Crippen LogP contribution is 2.38. The van der Waals surface area contributed by atoms with Gasteiger partial charge >= 0.3 is 0 Å². The fraction of sp³-hybridized carbons (Fsp3) is 0.391. The van der Waals surface area contributed by atoms with E-state index in [0.717, 1.165) is 18.9 Å². The zero-order valence-electron chi connectivity index (χ0n) is 18.3. The molecule has 0 heterocycles. The Morgan fingerprint density at radius 3 is 2.42 bits per heavy atom. The van der Waals surface area contributed by atoms with Crippen molar-refractivity contribution in [3.63, 3.8) is 0 Å². The molecule has 1 aliphatic rings. The highest BCUT2D eigenvalue weighted by Gasteiger charge is 2.37. The number of allylic oxidation sites excluding steroid dienone is 1. The molecule has 1 saturated carbocycles. The Morgan fingerprint density at radius 1 is 1.12 bits per heavy atom. The number of halogens is 4. The van der Waals surface area contributed by atoms with Gasteiger partial charge in [-0.25, -0.2) is 13.2 Å². The molecular weight excluding hydrogens is 566 g/mol. The van der Waals surface area contributed by atoms with Crippen LogP contribution in [0.5, 0.6) is 0 Å². The van der Waals surface area contributed by atoms with Gasteiger partial charge in [-0.2, -0.15) is 13.1 Å². The van der Waals surface area contributed by atoms with Crippen LogP contribution < -0.4 is 14.8 Å². The molecule has 0 unspecified atom stereocenters. The molecule has 33 heavy (non-hydrogen) atoms. The minimum Gasteiger partial charge on any atom is -0.349 e. The standard InChI is InChI=1S/C23H27F3IN3O2S/c1-3-5-10-23(11-6-7-12-23)30-33(31,32)29-21-15(4-2)13-18(25)20(26)22(21)28-19-9-8-16(27)14-17(19)24/h3,8-9,13-14,28-30H,1,4-7,10-12H2,2H3. The van der Waals surface area contributed by atoms with Crippen LogP contribution in [-0.4, -0.2) is 14.0 Å². The van der Waals surface area contributed by atoms with E-state index in [1.807, 2.05) is 22.6 Å². The van der Waals surface area contributed by atoms with E-state index in [-0.39, 0.29) is 23.4 Å². The highest BCUT2D eigenvalue weighted by molar-refractivity contribution is 14.1. The lowest BCUT2D eigenvalue weighted by molar-refractivity contribution is 0.366. The number of anilines is 3. The zero-order valence-corrected chi connectivity index (χ0v) is 21.3. The molecule has 0 radical (unpaired) electrons. The predicted octanol–water partition coefficient (Wildman–Crippen LogP) is 6.54. The molecule has 3 rings (SSSR count). The van der Waals surface area contributed by atoms with Crippen molar-refractivity contribution in [1.29, 1.82) is 0 Å². The maximum absolute atomic E-state index is 14.9. The highest BCUT2D eigenvalue weighted by atomic mass is 127. The van der Waals surface area contributed by atoms with E-state index in [9.17, 15) is 21.6 Å². The van der Waals surface area contributed by atoms with Crippen LogP contribution in [0, 0.1) is 21.0 Å². The number of rotatable bonds is 10. The van der Waals surface area contributed by atoms with Crippen LogP contribution in [0.2, 0.25) is 0 Å². The third-order valence-electron chi connectivity index (χ3n) is 5.85. The number of hydrogen-bond acceptors (Lipinski definition) is 3. The molecule has 5 nitrogen and oxygen atoms in total. The van der Waals surface area contributed by atoms with Gasteiger partial charge in [-0.1, -0.05) is 25.8 Å². The Labute approximate surface area is 206 Å². The van der Waals surface area contributed by atoms with Gasteiger partial charge in [0.1, 0.15) is 11.5 Å². The summed E-state index contributed by atoms with van der Waals surface area (Å²) < 4.78 is 75.6. The van der Waals surface area contributed by atoms with Crippen LogP contribution in [0.4, 0.5) is 30.2 Å². The molecule has 1 aliphatic carbocycles. The average molecular weight is 593 g/mol. The van der Waals surface area contributed by atoms with Crippen molar-refractivity contribution in [3.8, 4) is 0 Å². The predicted molar refractivity (Wildman–Crippen MR) is 134 cm³/mol. The van der Waals surface area contributed by atoms with E-state index in [4.69, 9.17) is 0 Å². The molecule has 10 heteroatoms. The monoisotopic (exact) mass is 593 g/mol. The lowest BCUT2D eigenvalue weighted by atomic mass is 9.93. The fourth-order valence-electron chi connectivity index (χ4n) is 4.19. The number of nitrogens with one attached hydrogen (secondary N) is 3. The first-order valence-corrected chi connectivity index (χ1v) is 13.3. The van der Waals surface area contributed by atoms with Crippen molar-refractivity contribution in [1.82, 2.24) is 4.72 Å². The van der Waals surface area contributed by atoms with E-state index in [1.54, 1.807) is 19.1 Å². The Bertz CT molecular complexity index is 1140.